The van der Waals surface area contributed by atoms with Crippen molar-refractivity contribution in [3.8, 4) is 17.0 Å². The average molecular weight is 635 g/mol. The van der Waals surface area contributed by atoms with Gasteiger partial charge in [-0.1, -0.05) is 51.1 Å². The van der Waals surface area contributed by atoms with Crippen LogP contribution in [0.25, 0.3) is 22.2 Å². The molecule has 1 aliphatic rings. The Morgan fingerprint density at radius 3 is 2.58 bits per heavy atom. The van der Waals surface area contributed by atoms with E-state index in [-0.39, 0.29) is 17.4 Å². The topological polar surface area (TPSA) is 81.8 Å². The van der Waals surface area contributed by atoms with Crippen LogP contribution in [0.4, 0.5) is 0 Å². The van der Waals surface area contributed by atoms with E-state index in [1.165, 1.54) is 0 Å². The van der Waals surface area contributed by atoms with Gasteiger partial charge in [0.05, 0.1) is 57.4 Å². The molecule has 0 spiro atoms. The van der Waals surface area contributed by atoms with Gasteiger partial charge in [0.1, 0.15) is 11.4 Å². The minimum Gasteiger partial charge on any atom is -0.543 e. The third-order valence-corrected chi connectivity index (χ3v) is 13.1. The molecule has 2 atom stereocenters. The van der Waals surface area contributed by atoms with Crippen LogP contribution in [0.5, 0.6) is 5.75 Å². The Hall–Kier alpha value is -3.02. The molecule has 244 valence electrons. The maximum atomic E-state index is 6.68. The lowest BCUT2D eigenvalue weighted by Crippen LogP contribution is -2.43. The molecule has 1 unspecified atom stereocenters. The van der Waals surface area contributed by atoms with Crippen molar-refractivity contribution in [3.63, 3.8) is 0 Å². The summed E-state index contributed by atoms with van der Waals surface area (Å²) in [5.74, 6) is 0.888. The first-order chi connectivity index (χ1) is 21.6. The third kappa shape index (κ3) is 8.83. The Morgan fingerprint density at radius 2 is 1.82 bits per heavy atom. The van der Waals surface area contributed by atoms with E-state index < -0.39 is 8.32 Å². The molecule has 2 aromatic heterocycles. The summed E-state index contributed by atoms with van der Waals surface area (Å²) >= 11 is 0. The zero-order valence-corrected chi connectivity index (χ0v) is 28.8. The Balaban J connectivity index is 1.18. The van der Waals surface area contributed by atoms with Crippen molar-refractivity contribution < 1.29 is 23.4 Å². The summed E-state index contributed by atoms with van der Waals surface area (Å²) in [5.41, 5.74) is 4.07. The third-order valence-electron chi connectivity index (χ3n) is 8.75. The largest absolute Gasteiger partial charge is 0.543 e. The van der Waals surface area contributed by atoms with Gasteiger partial charge in [0.15, 0.2) is 6.23 Å². The summed E-state index contributed by atoms with van der Waals surface area (Å²) < 4.78 is 34.2. The molecule has 9 nitrogen and oxygen atoms in total. The number of ether oxygens (including phenoxy) is 4. The minimum atomic E-state index is -2.00. The highest BCUT2D eigenvalue weighted by atomic mass is 28.4. The lowest BCUT2D eigenvalue weighted by atomic mass is 10.1. The number of nitrogens with zero attached hydrogens (tertiary/aromatic N) is 4. The Kier molecular flexibility index (Phi) is 11.1. The molecule has 3 heterocycles. The van der Waals surface area contributed by atoms with Crippen LogP contribution in [0, 0.1) is 0 Å². The Labute approximate surface area is 268 Å². The highest BCUT2D eigenvalue weighted by Gasteiger charge is 2.39. The smallest absolute Gasteiger partial charge is 0.250 e. The van der Waals surface area contributed by atoms with Gasteiger partial charge in [-0.05, 0) is 68.1 Å². The molecule has 0 N–H and O–H groups in total. The number of benzene rings is 2. The number of aromatic nitrogens is 4. The normalized spacial score (nSPS) is 16.7. The number of hydrogen-bond donors (Lipinski definition) is 0. The van der Waals surface area contributed by atoms with Gasteiger partial charge in [0, 0.05) is 23.8 Å². The van der Waals surface area contributed by atoms with E-state index in [9.17, 15) is 0 Å². The van der Waals surface area contributed by atoms with Crippen LogP contribution < -0.4 is 4.43 Å². The van der Waals surface area contributed by atoms with Gasteiger partial charge in [-0.15, -0.1) is 0 Å². The van der Waals surface area contributed by atoms with Crippen molar-refractivity contribution in [2.24, 2.45) is 0 Å². The predicted octanol–water partition coefficient (Wildman–Crippen LogP) is 7.62. The zero-order chi connectivity index (χ0) is 31.9. The highest BCUT2D eigenvalue weighted by Crippen LogP contribution is 2.39. The molecule has 10 heteroatoms. The molecule has 0 radical (unpaired) electrons. The van der Waals surface area contributed by atoms with Gasteiger partial charge in [0.25, 0.3) is 0 Å². The first-order valence-corrected chi connectivity index (χ1v) is 19.2. The average Bonchev–Trinajstić information content (AvgIpc) is 3.64. The molecular weight excluding hydrogens is 584 g/mol. The zero-order valence-electron chi connectivity index (χ0n) is 27.8. The molecule has 2 aromatic carbocycles. The fourth-order valence-electron chi connectivity index (χ4n) is 5.12. The van der Waals surface area contributed by atoms with E-state index in [4.69, 9.17) is 28.5 Å². The van der Waals surface area contributed by atoms with Crippen LogP contribution in [0.3, 0.4) is 0 Å². The molecule has 1 aliphatic heterocycles. The first-order valence-electron chi connectivity index (χ1n) is 16.3. The standard InChI is InChI=1S/C35H50N4O5Si/c1-27(25-40-20-21-41-26-28-12-8-7-9-13-28)42-19-17-38-24-29(23-36-38)34-31-22-30(44-45(5,6)35(2,3)4)15-16-32(31)39(37-34)33-14-10-11-18-43-33/h7-9,12-13,15-16,22-24,27,33H,10-11,14,17-21,25-26H2,1-6H3/t27-,33?/m1/s1. The predicted molar refractivity (Wildman–Crippen MR) is 180 cm³/mol. The molecule has 0 bridgehead atoms. The van der Waals surface area contributed by atoms with Crippen LogP contribution in [-0.2, 0) is 32.1 Å². The van der Waals surface area contributed by atoms with E-state index in [2.05, 4.69) is 74.0 Å². The van der Waals surface area contributed by atoms with Gasteiger partial charge < -0.3 is 23.4 Å². The highest BCUT2D eigenvalue weighted by molar-refractivity contribution is 6.74. The summed E-state index contributed by atoms with van der Waals surface area (Å²) in [6, 6.07) is 16.5. The van der Waals surface area contributed by atoms with Crippen molar-refractivity contribution in [1.29, 1.82) is 0 Å². The van der Waals surface area contributed by atoms with Crippen LogP contribution in [0.1, 0.15) is 58.7 Å². The maximum absolute atomic E-state index is 6.68. The number of fused-ring (bicyclic) bond motifs is 1. The monoisotopic (exact) mass is 634 g/mol. The van der Waals surface area contributed by atoms with Gasteiger partial charge in [0.2, 0.25) is 8.32 Å². The van der Waals surface area contributed by atoms with Gasteiger partial charge >= 0.3 is 0 Å². The van der Waals surface area contributed by atoms with E-state index in [1.54, 1.807) is 0 Å². The molecular formula is C35H50N4O5Si. The lowest BCUT2D eigenvalue weighted by molar-refractivity contribution is -0.0365. The Morgan fingerprint density at radius 1 is 1.02 bits per heavy atom. The summed E-state index contributed by atoms with van der Waals surface area (Å²) in [7, 11) is -2.00. The van der Waals surface area contributed by atoms with Crippen molar-refractivity contribution in [2.45, 2.75) is 90.6 Å². The quantitative estimate of drug-likeness (QED) is 0.0983. The summed E-state index contributed by atoms with van der Waals surface area (Å²) in [6.45, 7) is 17.5. The molecule has 1 fully saturated rings. The van der Waals surface area contributed by atoms with Crippen LogP contribution in [0.2, 0.25) is 18.1 Å². The van der Waals surface area contributed by atoms with Crippen molar-refractivity contribution in [1.82, 2.24) is 19.6 Å². The minimum absolute atomic E-state index is 0.0244. The number of rotatable bonds is 15. The SMILES string of the molecule is C[C@H](COCCOCc1ccccc1)OCCn1cc(-c2nn(C3CCCCO3)c3ccc(O[Si](C)(C)C(C)(C)C)cc23)cn1. The second kappa shape index (κ2) is 15.0. The van der Waals surface area contributed by atoms with Gasteiger partial charge in [-0.2, -0.15) is 10.2 Å². The molecule has 0 aliphatic carbocycles. The van der Waals surface area contributed by atoms with Gasteiger partial charge in [-0.3, -0.25) is 4.68 Å². The van der Waals surface area contributed by atoms with E-state index in [0.717, 1.165) is 59.3 Å². The van der Waals surface area contributed by atoms with E-state index in [0.29, 0.717) is 39.6 Å². The van der Waals surface area contributed by atoms with E-state index >= 15 is 0 Å². The summed E-state index contributed by atoms with van der Waals surface area (Å²) in [4.78, 5) is 0. The fraction of sp³-hybridized carbons (Fsp3) is 0.543. The number of hydrogen-bond acceptors (Lipinski definition) is 7. The van der Waals surface area contributed by atoms with Crippen molar-refractivity contribution in [2.75, 3.05) is 33.0 Å². The maximum Gasteiger partial charge on any atom is 0.250 e. The second-order valence-corrected chi connectivity index (χ2v) is 18.2. The molecule has 4 aromatic rings. The van der Waals surface area contributed by atoms with Crippen molar-refractivity contribution >= 4 is 19.2 Å². The van der Waals surface area contributed by atoms with Crippen molar-refractivity contribution in [3.05, 3.63) is 66.5 Å². The summed E-state index contributed by atoms with van der Waals surface area (Å²) in [5, 5.41) is 10.9. The van der Waals surface area contributed by atoms with Crippen LogP contribution >= 0.6 is 0 Å². The molecule has 0 saturated carbocycles. The molecule has 1 saturated heterocycles. The fourth-order valence-corrected chi connectivity index (χ4v) is 6.14. The van der Waals surface area contributed by atoms with Crippen LogP contribution in [0.15, 0.2) is 60.9 Å². The molecule has 0 amide bonds. The lowest BCUT2D eigenvalue weighted by Gasteiger charge is -2.36. The van der Waals surface area contributed by atoms with Crippen LogP contribution in [-0.4, -0.2) is 67.0 Å². The molecule has 45 heavy (non-hydrogen) atoms. The van der Waals surface area contributed by atoms with Gasteiger partial charge in [-0.25, -0.2) is 4.68 Å². The molecule has 5 rings (SSSR count). The summed E-state index contributed by atoms with van der Waals surface area (Å²) in [6.07, 6.45) is 7.03. The first kappa shape index (κ1) is 33.3. The second-order valence-electron chi connectivity index (χ2n) is 13.4. The van der Waals surface area contributed by atoms with E-state index in [1.807, 2.05) is 42.2 Å². The Bertz CT molecular complexity index is 1490.